The first-order chi connectivity index (χ1) is 13.6. The maximum atomic E-state index is 12.3. The monoisotopic (exact) mass is 391 g/mol. The third kappa shape index (κ3) is 3.87. The quantitative estimate of drug-likeness (QED) is 0.591. The van der Waals surface area contributed by atoms with Gasteiger partial charge in [-0.15, -0.1) is 0 Å². The molecule has 5 heteroatoms. The van der Waals surface area contributed by atoms with Crippen molar-refractivity contribution in [2.24, 2.45) is 0 Å². The molecule has 1 aliphatic rings. The molecular formula is C23H18ClNO3. The van der Waals surface area contributed by atoms with Crippen LogP contribution in [0.25, 0.3) is 11.6 Å². The molecule has 140 valence electrons. The maximum Gasteiger partial charge on any atom is 0.256 e. The fourth-order valence-electron chi connectivity index (χ4n) is 3.06. The summed E-state index contributed by atoms with van der Waals surface area (Å²) in [6, 6.07) is 20.8. The molecule has 3 aromatic carbocycles. The van der Waals surface area contributed by atoms with Crippen molar-refractivity contribution < 1.29 is 14.3 Å². The van der Waals surface area contributed by atoms with Crippen molar-refractivity contribution in [3.05, 3.63) is 88.4 Å². The number of benzene rings is 3. The second kappa shape index (κ2) is 7.79. The molecule has 0 saturated heterocycles. The zero-order valence-electron chi connectivity index (χ0n) is 15.2. The van der Waals surface area contributed by atoms with Gasteiger partial charge in [-0.3, -0.25) is 4.79 Å². The Balaban J connectivity index is 1.49. The van der Waals surface area contributed by atoms with Gasteiger partial charge in [-0.2, -0.15) is 0 Å². The molecule has 1 amide bonds. The molecule has 0 aliphatic carbocycles. The second-order valence-corrected chi connectivity index (χ2v) is 6.85. The van der Waals surface area contributed by atoms with E-state index in [9.17, 15) is 4.79 Å². The van der Waals surface area contributed by atoms with Gasteiger partial charge in [0.2, 0.25) is 0 Å². The zero-order chi connectivity index (χ0) is 19.5. The van der Waals surface area contributed by atoms with Crippen LogP contribution >= 0.6 is 11.6 Å². The van der Waals surface area contributed by atoms with Crippen molar-refractivity contribution in [2.45, 2.75) is 6.61 Å². The van der Waals surface area contributed by atoms with E-state index in [1.54, 1.807) is 19.2 Å². The largest absolute Gasteiger partial charge is 0.497 e. The van der Waals surface area contributed by atoms with E-state index >= 15 is 0 Å². The first-order valence-corrected chi connectivity index (χ1v) is 9.19. The molecule has 0 atom stereocenters. The molecule has 0 bridgehead atoms. The number of halogens is 1. The molecule has 0 aromatic heterocycles. The lowest BCUT2D eigenvalue weighted by Crippen LogP contribution is -2.03. The van der Waals surface area contributed by atoms with Gasteiger partial charge in [0.25, 0.3) is 5.91 Å². The smallest absolute Gasteiger partial charge is 0.256 e. The Hall–Kier alpha value is -3.24. The molecule has 0 unspecified atom stereocenters. The minimum absolute atomic E-state index is 0.129. The number of nitrogens with one attached hydrogen (secondary N) is 1. The van der Waals surface area contributed by atoms with Crippen LogP contribution in [-0.2, 0) is 11.4 Å². The van der Waals surface area contributed by atoms with Crippen molar-refractivity contribution in [2.75, 3.05) is 12.4 Å². The Morgan fingerprint density at radius 3 is 2.61 bits per heavy atom. The summed E-state index contributed by atoms with van der Waals surface area (Å²) in [6.45, 7) is 0.450. The summed E-state index contributed by atoms with van der Waals surface area (Å²) in [5.41, 5.74) is 4.13. The summed E-state index contributed by atoms with van der Waals surface area (Å²) in [7, 11) is 1.64. The molecule has 0 fully saturated rings. The van der Waals surface area contributed by atoms with Crippen molar-refractivity contribution >= 4 is 34.8 Å². The molecule has 0 saturated carbocycles. The Bertz CT molecular complexity index is 1060. The third-order valence-electron chi connectivity index (χ3n) is 4.50. The summed E-state index contributed by atoms with van der Waals surface area (Å²) in [4.78, 5) is 12.3. The number of rotatable bonds is 5. The first kappa shape index (κ1) is 18.1. The number of carbonyl (C=O) groups excluding carboxylic acids is 1. The lowest BCUT2D eigenvalue weighted by Gasteiger charge is -2.08. The van der Waals surface area contributed by atoms with E-state index in [2.05, 4.69) is 5.32 Å². The summed E-state index contributed by atoms with van der Waals surface area (Å²) in [6.07, 6.45) is 1.85. The standard InChI is InChI=1S/C23H18ClNO3/c1-27-19-4-2-3-16(11-19)14-28-18-8-5-15(6-9-18)12-21-20-13-17(24)7-10-22(20)25-23(21)26/h2-13H,14H2,1H3,(H,25,26)/b21-12-. The highest BCUT2D eigenvalue weighted by molar-refractivity contribution is 6.36. The fourth-order valence-corrected chi connectivity index (χ4v) is 3.23. The number of carbonyl (C=O) groups is 1. The van der Waals surface area contributed by atoms with Crippen LogP contribution in [0.5, 0.6) is 11.5 Å². The van der Waals surface area contributed by atoms with Crippen LogP contribution in [0.15, 0.2) is 66.7 Å². The van der Waals surface area contributed by atoms with Gasteiger partial charge in [0, 0.05) is 21.8 Å². The van der Waals surface area contributed by atoms with Crippen LogP contribution in [0, 0.1) is 0 Å². The molecule has 28 heavy (non-hydrogen) atoms. The average Bonchev–Trinajstić information content (AvgIpc) is 3.02. The van der Waals surface area contributed by atoms with Crippen molar-refractivity contribution in [1.82, 2.24) is 0 Å². The van der Waals surface area contributed by atoms with E-state index in [-0.39, 0.29) is 5.91 Å². The normalized spacial score (nSPS) is 13.9. The van der Waals surface area contributed by atoms with Crippen molar-refractivity contribution in [3.8, 4) is 11.5 Å². The SMILES string of the molecule is COc1cccc(COc2ccc(/C=C3\C(=O)Nc4ccc(Cl)cc43)cc2)c1. The van der Waals surface area contributed by atoms with E-state index in [0.29, 0.717) is 17.2 Å². The van der Waals surface area contributed by atoms with E-state index in [0.717, 1.165) is 33.9 Å². The highest BCUT2D eigenvalue weighted by Gasteiger charge is 2.24. The van der Waals surface area contributed by atoms with Gasteiger partial charge in [-0.05, 0) is 59.7 Å². The third-order valence-corrected chi connectivity index (χ3v) is 4.73. The number of methoxy groups -OCH3 is 1. The number of anilines is 1. The van der Waals surface area contributed by atoms with Crippen LogP contribution < -0.4 is 14.8 Å². The van der Waals surface area contributed by atoms with Crippen LogP contribution in [0.3, 0.4) is 0 Å². The number of amides is 1. The second-order valence-electron chi connectivity index (χ2n) is 6.41. The van der Waals surface area contributed by atoms with Gasteiger partial charge >= 0.3 is 0 Å². The predicted molar refractivity (Wildman–Crippen MR) is 112 cm³/mol. The van der Waals surface area contributed by atoms with Crippen LogP contribution in [-0.4, -0.2) is 13.0 Å². The van der Waals surface area contributed by atoms with Crippen LogP contribution in [0.4, 0.5) is 5.69 Å². The van der Waals surface area contributed by atoms with E-state index in [4.69, 9.17) is 21.1 Å². The molecule has 3 aromatic rings. The Kier molecular flexibility index (Phi) is 5.04. The van der Waals surface area contributed by atoms with Gasteiger partial charge in [0.05, 0.1) is 7.11 Å². The molecule has 0 spiro atoms. The van der Waals surface area contributed by atoms with Gasteiger partial charge in [0.15, 0.2) is 0 Å². The number of hydrogen-bond donors (Lipinski definition) is 1. The van der Waals surface area contributed by atoms with Crippen LogP contribution in [0.1, 0.15) is 16.7 Å². The van der Waals surface area contributed by atoms with Crippen LogP contribution in [0.2, 0.25) is 5.02 Å². The lowest BCUT2D eigenvalue weighted by atomic mass is 10.0. The van der Waals surface area contributed by atoms with Gasteiger partial charge in [-0.25, -0.2) is 0 Å². The highest BCUT2D eigenvalue weighted by atomic mass is 35.5. The van der Waals surface area contributed by atoms with E-state index in [1.165, 1.54) is 0 Å². The van der Waals surface area contributed by atoms with Gasteiger partial charge < -0.3 is 14.8 Å². The topological polar surface area (TPSA) is 47.6 Å². The van der Waals surface area contributed by atoms with Crippen molar-refractivity contribution in [3.63, 3.8) is 0 Å². The highest BCUT2D eigenvalue weighted by Crippen LogP contribution is 2.35. The number of hydrogen-bond acceptors (Lipinski definition) is 3. The molecule has 1 aliphatic heterocycles. The number of ether oxygens (including phenoxy) is 2. The summed E-state index contributed by atoms with van der Waals surface area (Å²) < 4.78 is 11.1. The minimum Gasteiger partial charge on any atom is -0.497 e. The predicted octanol–water partition coefficient (Wildman–Crippen LogP) is 5.42. The molecular weight excluding hydrogens is 374 g/mol. The summed E-state index contributed by atoms with van der Waals surface area (Å²) in [5.74, 6) is 1.43. The van der Waals surface area contributed by atoms with E-state index < -0.39 is 0 Å². The molecule has 4 nitrogen and oxygen atoms in total. The zero-order valence-corrected chi connectivity index (χ0v) is 16.0. The Morgan fingerprint density at radius 1 is 1.00 bits per heavy atom. The van der Waals surface area contributed by atoms with Gasteiger partial charge in [-0.1, -0.05) is 35.9 Å². The molecule has 4 rings (SSSR count). The van der Waals surface area contributed by atoms with Crippen molar-refractivity contribution in [1.29, 1.82) is 0 Å². The first-order valence-electron chi connectivity index (χ1n) is 8.81. The summed E-state index contributed by atoms with van der Waals surface area (Å²) in [5, 5.41) is 3.45. The molecule has 1 heterocycles. The van der Waals surface area contributed by atoms with E-state index in [1.807, 2.05) is 60.7 Å². The van der Waals surface area contributed by atoms with Gasteiger partial charge in [0.1, 0.15) is 18.1 Å². The Morgan fingerprint density at radius 2 is 1.82 bits per heavy atom. The Labute approximate surface area is 168 Å². The maximum absolute atomic E-state index is 12.3. The lowest BCUT2D eigenvalue weighted by molar-refractivity contribution is -0.110. The molecule has 1 N–H and O–H groups in total. The number of fused-ring (bicyclic) bond motifs is 1. The summed E-state index contributed by atoms with van der Waals surface area (Å²) >= 11 is 6.07. The average molecular weight is 392 g/mol. The molecule has 0 radical (unpaired) electrons. The fraction of sp³-hybridized carbons (Fsp3) is 0.0870. The minimum atomic E-state index is -0.129.